The highest BCUT2D eigenvalue weighted by Gasteiger charge is 2.46. The van der Waals surface area contributed by atoms with E-state index in [0.29, 0.717) is 23.9 Å². The van der Waals surface area contributed by atoms with Gasteiger partial charge in [0, 0.05) is 44.6 Å². The molecule has 1 atom stereocenters. The van der Waals surface area contributed by atoms with Gasteiger partial charge in [0.15, 0.2) is 5.82 Å². The maximum atomic E-state index is 13.1. The summed E-state index contributed by atoms with van der Waals surface area (Å²) in [4.78, 5) is 24.1. The van der Waals surface area contributed by atoms with Crippen molar-refractivity contribution in [2.24, 2.45) is 5.92 Å². The van der Waals surface area contributed by atoms with Crippen molar-refractivity contribution < 1.29 is 14.1 Å². The minimum atomic E-state index is -0.204. The Hall–Kier alpha value is -2.28. The molecular formula is C22H28N4O3. The van der Waals surface area contributed by atoms with Crippen LogP contribution in [0.2, 0.25) is 0 Å². The number of pyridine rings is 1. The van der Waals surface area contributed by atoms with E-state index in [9.17, 15) is 4.79 Å². The zero-order valence-corrected chi connectivity index (χ0v) is 16.8. The lowest BCUT2D eigenvalue weighted by Gasteiger charge is -2.41. The van der Waals surface area contributed by atoms with Gasteiger partial charge in [0.25, 0.3) is 5.91 Å². The number of carbonyl (C=O) groups excluding carboxylic acids is 1. The van der Waals surface area contributed by atoms with E-state index in [-0.39, 0.29) is 11.3 Å². The number of ether oxygens (including phenoxy) is 1. The van der Waals surface area contributed by atoms with E-state index in [4.69, 9.17) is 14.2 Å². The van der Waals surface area contributed by atoms with Crippen molar-refractivity contribution in [3.63, 3.8) is 0 Å². The summed E-state index contributed by atoms with van der Waals surface area (Å²) < 4.78 is 11.2. The van der Waals surface area contributed by atoms with Gasteiger partial charge in [0.2, 0.25) is 5.89 Å². The molecule has 2 aromatic rings. The number of piperidine rings is 1. The molecule has 0 N–H and O–H groups in total. The van der Waals surface area contributed by atoms with Crippen LogP contribution >= 0.6 is 0 Å². The van der Waals surface area contributed by atoms with E-state index in [1.54, 1.807) is 12.4 Å². The molecule has 2 saturated heterocycles. The number of hydrogen-bond acceptors (Lipinski definition) is 6. The normalized spacial score (nSPS) is 25.9. The number of amides is 1. The molecule has 1 aliphatic carbocycles. The largest absolute Gasteiger partial charge is 0.381 e. The van der Waals surface area contributed by atoms with Crippen LogP contribution in [0.1, 0.15) is 72.9 Å². The number of nitrogens with zero attached hydrogens (tertiary/aromatic N) is 4. The Morgan fingerprint density at radius 1 is 1.24 bits per heavy atom. The molecule has 154 valence electrons. The minimum absolute atomic E-state index is 0.0473. The summed E-state index contributed by atoms with van der Waals surface area (Å²) in [5.41, 5.74) is 0.440. The van der Waals surface area contributed by atoms with Crippen molar-refractivity contribution in [3.05, 3.63) is 41.8 Å². The molecule has 0 aromatic carbocycles. The third kappa shape index (κ3) is 3.92. The minimum Gasteiger partial charge on any atom is -0.381 e. The molecule has 7 heteroatoms. The second-order valence-electron chi connectivity index (χ2n) is 8.84. The van der Waals surface area contributed by atoms with Gasteiger partial charge in [-0.05, 0) is 50.2 Å². The molecule has 1 saturated carbocycles. The average molecular weight is 396 g/mol. The van der Waals surface area contributed by atoms with Crippen LogP contribution in [0.25, 0.3) is 0 Å². The molecule has 1 unspecified atom stereocenters. The maximum absolute atomic E-state index is 13.1. The zero-order valence-electron chi connectivity index (χ0n) is 16.8. The van der Waals surface area contributed by atoms with Crippen LogP contribution in [0.15, 0.2) is 29.0 Å². The summed E-state index contributed by atoms with van der Waals surface area (Å²) in [6, 6.07) is 3.65. The highest BCUT2D eigenvalue weighted by atomic mass is 16.5. The first-order valence-electron chi connectivity index (χ1n) is 10.8. The van der Waals surface area contributed by atoms with Gasteiger partial charge >= 0.3 is 0 Å². The Morgan fingerprint density at radius 3 is 2.86 bits per heavy atom. The Bertz CT molecular complexity index is 845. The van der Waals surface area contributed by atoms with Gasteiger partial charge in [-0.25, -0.2) is 0 Å². The Kier molecular flexibility index (Phi) is 5.08. The molecule has 0 bridgehead atoms. The standard InChI is InChI=1S/C22H28N4O3/c27-20(18-3-1-9-23-14-18)26-10-2-8-22(15-26,13-16-4-5-16)21-24-19(29-25-21)17-6-11-28-12-7-17/h1,3,9,14,16-17H,2,4-8,10-13,15H2. The Balaban J connectivity index is 1.40. The van der Waals surface area contributed by atoms with Gasteiger partial charge < -0.3 is 14.2 Å². The van der Waals surface area contributed by atoms with Crippen molar-refractivity contribution in [3.8, 4) is 0 Å². The summed E-state index contributed by atoms with van der Waals surface area (Å²) >= 11 is 0. The predicted molar refractivity (Wildman–Crippen MR) is 105 cm³/mol. The number of rotatable bonds is 5. The molecule has 2 aliphatic heterocycles. The second-order valence-corrected chi connectivity index (χ2v) is 8.84. The van der Waals surface area contributed by atoms with Crippen molar-refractivity contribution in [1.29, 1.82) is 0 Å². The third-order valence-corrected chi connectivity index (χ3v) is 6.64. The van der Waals surface area contributed by atoms with E-state index in [0.717, 1.165) is 63.6 Å². The van der Waals surface area contributed by atoms with Crippen molar-refractivity contribution in [1.82, 2.24) is 20.0 Å². The SMILES string of the molecule is O=C(c1cccnc1)N1CCCC(CC2CC2)(c2noc(C3CCOCC3)n2)C1. The molecule has 5 rings (SSSR count). The van der Waals surface area contributed by atoms with Gasteiger partial charge in [-0.1, -0.05) is 18.0 Å². The lowest BCUT2D eigenvalue weighted by Crippen LogP contribution is -2.49. The molecule has 0 spiro atoms. The quantitative estimate of drug-likeness (QED) is 0.771. The smallest absolute Gasteiger partial charge is 0.255 e. The highest BCUT2D eigenvalue weighted by molar-refractivity contribution is 5.94. The van der Waals surface area contributed by atoms with Crippen LogP contribution in [0.5, 0.6) is 0 Å². The maximum Gasteiger partial charge on any atom is 0.255 e. The van der Waals surface area contributed by atoms with Gasteiger partial charge in [0.1, 0.15) is 0 Å². The van der Waals surface area contributed by atoms with E-state index in [2.05, 4.69) is 10.1 Å². The topological polar surface area (TPSA) is 81.4 Å². The first-order chi connectivity index (χ1) is 14.2. The highest BCUT2D eigenvalue weighted by Crippen LogP contribution is 2.46. The fourth-order valence-electron chi connectivity index (χ4n) is 4.85. The van der Waals surface area contributed by atoms with Crippen LogP contribution in [-0.2, 0) is 10.2 Å². The second kappa shape index (κ2) is 7.86. The van der Waals surface area contributed by atoms with Crippen molar-refractivity contribution in [2.45, 2.75) is 56.3 Å². The number of aromatic nitrogens is 3. The molecule has 0 radical (unpaired) electrons. The van der Waals surface area contributed by atoms with Crippen LogP contribution < -0.4 is 0 Å². The zero-order chi connectivity index (χ0) is 19.7. The predicted octanol–water partition coefficient (Wildman–Crippen LogP) is 3.33. The van der Waals surface area contributed by atoms with Crippen LogP contribution in [0, 0.1) is 5.92 Å². The van der Waals surface area contributed by atoms with Crippen molar-refractivity contribution >= 4 is 5.91 Å². The average Bonchev–Trinajstić information content (AvgIpc) is 3.44. The fourth-order valence-corrected chi connectivity index (χ4v) is 4.85. The third-order valence-electron chi connectivity index (χ3n) is 6.64. The number of hydrogen-bond donors (Lipinski definition) is 0. The lowest BCUT2D eigenvalue weighted by molar-refractivity contribution is 0.0606. The first-order valence-corrected chi connectivity index (χ1v) is 10.8. The monoisotopic (exact) mass is 396 g/mol. The van der Waals surface area contributed by atoms with Gasteiger partial charge in [0.05, 0.1) is 11.0 Å². The molecule has 1 amide bonds. The summed E-state index contributed by atoms with van der Waals surface area (Å²) in [5, 5.41) is 4.46. The Labute approximate surface area is 170 Å². The number of carbonyl (C=O) groups is 1. The first kappa shape index (κ1) is 18.7. The summed E-state index contributed by atoms with van der Waals surface area (Å²) in [6.07, 6.45) is 10.7. The Morgan fingerprint density at radius 2 is 2.10 bits per heavy atom. The molecule has 4 heterocycles. The van der Waals surface area contributed by atoms with Gasteiger partial charge in [-0.3, -0.25) is 9.78 Å². The molecule has 2 aromatic heterocycles. The fraction of sp³-hybridized carbons (Fsp3) is 0.636. The molecule has 3 aliphatic rings. The van der Waals surface area contributed by atoms with Gasteiger partial charge in [-0.15, -0.1) is 0 Å². The van der Waals surface area contributed by atoms with Gasteiger partial charge in [-0.2, -0.15) is 4.98 Å². The van der Waals surface area contributed by atoms with Crippen LogP contribution in [-0.4, -0.2) is 52.2 Å². The number of likely N-dealkylation sites (tertiary alicyclic amines) is 1. The summed E-state index contributed by atoms with van der Waals surface area (Å²) in [7, 11) is 0. The van der Waals surface area contributed by atoms with E-state index < -0.39 is 0 Å². The van der Waals surface area contributed by atoms with E-state index in [1.807, 2.05) is 17.0 Å². The summed E-state index contributed by atoms with van der Waals surface area (Å²) in [5.74, 6) is 2.60. The lowest BCUT2D eigenvalue weighted by atomic mass is 9.74. The molecule has 7 nitrogen and oxygen atoms in total. The molecular weight excluding hydrogens is 368 g/mol. The molecule has 3 fully saturated rings. The molecule has 29 heavy (non-hydrogen) atoms. The van der Waals surface area contributed by atoms with Crippen LogP contribution in [0.3, 0.4) is 0 Å². The van der Waals surface area contributed by atoms with E-state index >= 15 is 0 Å². The van der Waals surface area contributed by atoms with Crippen molar-refractivity contribution in [2.75, 3.05) is 26.3 Å². The van der Waals surface area contributed by atoms with Crippen LogP contribution in [0.4, 0.5) is 0 Å². The van der Waals surface area contributed by atoms with E-state index in [1.165, 1.54) is 12.8 Å². The summed E-state index contributed by atoms with van der Waals surface area (Å²) in [6.45, 7) is 2.93.